The molecule has 5 heteroatoms. The lowest BCUT2D eigenvalue weighted by Crippen LogP contribution is -2.15. The van der Waals surface area contributed by atoms with Crippen LogP contribution in [0, 0.1) is 24.6 Å². The van der Waals surface area contributed by atoms with Crippen LogP contribution in [0.15, 0.2) is 28.4 Å². The molecule has 0 unspecified atom stereocenters. The first-order valence-corrected chi connectivity index (χ1v) is 7.02. The summed E-state index contributed by atoms with van der Waals surface area (Å²) in [5, 5.41) is 10.5. The molecule has 0 radical (unpaired) electrons. The van der Waals surface area contributed by atoms with Crippen molar-refractivity contribution in [2.75, 3.05) is 6.61 Å². The van der Waals surface area contributed by atoms with Crippen molar-refractivity contribution >= 4 is 11.3 Å². The molecule has 1 aromatic carbocycles. The summed E-state index contributed by atoms with van der Waals surface area (Å²) < 4.78 is 15.2. The fourth-order valence-corrected chi connectivity index (χ4v) is 2.55. The van der Waals surface area contributed by atoms with E-state index in [1.807, 2.05) is 6.92 Å². The lowest BCUT2D eigenvalue weighted by Gasteiger charge is -2.05. The number of aliphatic hydroxyl groups excluding tert-OH is 1. The number of nitrogens with zero attached hydrogens (tertiary/aromatic N) is 1. The highest BCUT2D eigenvalue weighted by Crippen LogP contribution is 2.11. The molecule has 0 aliphatic heterocycles. The third kappa shape index (κ3) is 3.56. The van der Waals surface area contributed by atoms with Gasteiger partial charge in [0.25, 0.3) is 0 Å². The Labute approximate surface area is 120 Å². The Morgan fingerprint density at radius 2 is 2.20 bits per heavy atom. The van der Waals surface area contributed by atoms with Crippen molar-refractivity contribution in [1.82, 2.24) is 4.57 Å². The number of aryl methyl sites for hydroxylation is 1. The van der Waals surface area contributed by atoms with Gasteiger partial charge in [-0.25, -0.2) is 4.39 Å². The Kier molecular flexibility index (Phi) is 4.72. The summed E-state index contributed by atoms with van der Waals surface area (Å²) >= 11 is 1.13. The molecule has 104 valence electrons. The number of rotatable bonds is 3. The summed E-state index contributed by atoms with van der Waals surface area (Å²) in [6.45, 7) is 2.17. The van der Waals surface area contributed by atoms with E-state index in [1.165, 1.54) is 12.1 Å². The fraction of sp³-hybridized carbons (Fsp3) is 0.267. The van der Waals surface area contributed by atoms with Crippen LogP contribution in [0.1, 0.15) is 23.2 Å². The maximum Gasteiger partial charge on any atom is 0.307 e. The molecule has 3 nitrogen and oxygen atoms in total. The molecule has 0 amide bonds. The minimum atomic E-state index is -0.378. The van der Waals surface area contributed by atoms with E-state index in [-0.39, 0.29) is 17.3 Å². The molecule has 1 heterocycles. The molecule has 0 fully saturated rings. The monoisotopic (exact) mass is 291 g/mol. The van der Waals surface area contributed by atoms with E-state index in [2.05, 4.69) is 11.8 Å². The summed E-state index contributed by atoms with van der Waals surface area (Å²) in [6.07, 6.45) is 0.356. The zero-order chi connectivity index (χ0) is 14.5. The molecule has 0 saturated heterocycles. The maximum absolute atomic E-state index is 13.6. The second-order valence-electron chi connectivity index (χ2n) is 4.35. The third-order valence-electron chi connectivity index (χ3n) is 2.74. The molecule has 0 bridgehead atoms. The van der Waals surface area contributed by atoms with Crippen molar-refractivity contribution in [1.29, 1.82) is 0 Å². The molecule has 2 rings (SSSR count). The van der Waals surface area contributed by atoms with Crippen LogP contribution in [0.4, 0.5) is 4.39 Å². The molecule has 0 aliphatic rings. The zero-order valence-corrected chi connectivity index (χ0v) is 11.8. The molecule has 2 aromatic rings. The van der Waals surface area contributed by atoms with Crippen LogP contribution in [-0.2, 0) is 6.54 Å². The van der Waals surface area contributed by atoms with Gasteiger partial charge < -0.3 is 5.11 Å². The van der Waals surface area contributed by atoms with Crippen LogP contribution < -0.4 is 4.87 Å². The number of thiazole rings is 1. The van der Waals surface area contributed by atoms with E-state index in [0.29, 0.717) is 24.1 Å². The van der Waals surface area contributed by atoms with Crippen molar-refractivity contribution in [3.63, 3.8) is 0 Å². The van der Waals surface area contributed by atoms with Crippen LogP contribution in [0.2, 0.25) is 0 Å². The SMILES string of the molecule is Cc1csc(=O)n1Cc1cc(F)cc(C#CCCO)c1. The normalized spacial score (nSPS) is 10.2. The minimum Gasteiger partial charge on any atom is -0.395 e. The standard InChI is InChI=1S/C15H14FNO2S/c1-11-10-20-15(19)17(11)9-13-6-12(4-2-3-5-18)7-14(16)8-13/h6-8,10,18H,3,5,9H2,1H3. The van der Waals surface area contributed by atoms with Gasteiger partial charge in [0.05, 0.1) is 13.2 Å². The number of hydrogen-bond donors (Lipinski definition) is 1. The van der Waals surface area contributed by atoms with E-state index in [0.717, 1.165) is 17.0 Å². The molecule has 1 aromatic heterocycles. The summed E-state index contributed by atoms with van der Waals surface area (Å²) in [6, 6.07) is 4.51. The Morgan fingerprint density at radius 1 is 1.40 bits per heavy atom. The average Bonchev–Trinajstić information content (AvgIpc) is 2.70. The zero-order valence-electron chi connectivity index (χ0n) is 11.0. The van der Waals surface area contributed by atoms with Crippen molar-refractivity contribution < 1.29 is 9.50 Å². The first-order valence-electron chi connectivity index (χ1n) is 6.14. The topological polar surface area (TPSA) is 42.2 Å². The Balaban J connectivity index is 2.29. The number of aliphatic hydroxyl groups is 1. The maximum atomic E-state index is 13.6. The summed E-state index contributed by atoms with van der Waals surface area (Å²) in [5.41, 5.74) is 2.11. The summed E-state index contributed by atoms with van der Waals surface area (Å²) in [5.74, 6) is 5.18. The molecule has 20 heavy (non-hydrogen) atoms. The second kappa shape index (κ2) is 6.51. The lowest BCUT2D eigenvalue weighted by molar-refractivity contribution is 0.305. The van der Waals surface area contributed by atoms with Gasteiger partial charge in [0, 0.05) is 23.1 Å². The van der Waals surface area contributed by atoms with Gasteiger partial charge >= 0.3 is 4.87 Å². The molecule has 0 saturated carbocycles. The van der Waals surface area contributed by atoms with E-state index < -0.39 is 0 Å². The van der Waals surface area contributed by atoms with Gasteiger partial charge in [0.15, 0.2) is 0 Å². The highest BCUT2D eigenvalue weighted by molar-refractivity contribution is 7.07. The smallest absolute Gasteiger partial charge is 0.307 e. The predicted octanol–water partition coefficient (Wildman–Crippen LogP) is 2.14. The number of hydrogen-bond acceptors (Lipinski definition) is 3. The van der Waals surface area contributed by atoms with Gasteiger partial charge in [0.2, 0.25) is 0 Å². The first kappa shape index (κ1) is 14.5. The number of halogens is 1. The Bertz CT molecular complexity index is 721. The van der Waals surface area contributed by atoms with Crippen molar-refractivity contribution in [3.8, 4) is 11.8 Å². The largest absolute Gasteiger partial charge is 0.395 e. The van der Waals surface area contributed by atoms with E-state index in [9.17, 15) is 9.18 Å². The third-order valence-corrected chi connectivity index (χ3v) is 3.63. The first-order chi connectivity index (χ1) is 9.60. The molecule has 0 atom stereocenters. The van der Waals surface area contributed by atoms with Gasteiger partial charge in [0.1, 0.15) is 5.82 Å². The number of benzene rings is 1. The van der Waals surface area contributed by atoms with Gasteiger partial charge in [-0.3, -0.25) is 9.36 Å². The minimum absolute atomic E-state index is 0.0152. The Morgan fingerprint density at radius 3 is 2.85 bits per heavy atom. The lowest BCUT2D eigenvalue weighted by atomic mass is 10.1. The average molecular weight is 291 g/mol. The van der Waals surface area contributed by atoms with E-state index >= 15 is 0 Å². The van der Waals surface area contributed by atoms with Gasteiger partial charge in [-0.2, -0.15) is 0 Å². The van der Waals surface area contributed by atoms with Gasteiger partial charge in [-0.05, 0) is 30.7 Å². The van der Waals surface area contributed by atoms with Gasteiger partial charge in [-0.15, -0.1) is 0 Å². The molecule has 1 N–H and O–H groups in total. The fourth-order valence-electron chi connectivity index (χ4n) is 1.81. The number of aromatic nitrogens is 1. The van der Waals surface area contributed by atoms with Gasteiger partial charge in [-0.1, -0.05) is 23.2 Å². The highest BCUT2D eigenvalue weighted by atomic mass is 32.1. The van der Waals surface area contributed by atoms with Crippen LogP contribution in [-0.4, -0.2) is 16.3 Å². The highest BCUT2D eigenvalue weighted by Gasteiger charge is 2.05. The molecule has 0 spiro atoms. The predicted molar refractivity (Wildman–Crippen MR) is 77.4 cm³/mol. The van der Waals surface area contributed by atoms with Crippen molar-refractivity contribution in [2.45, 2.75) is 19.9 Å². The summed E-state index contributed by atoms with van der Waals surface area (Å²) in [7, 11) is 0. The van der Waals surface area contributed by atoms with Crippen LogP contribution in [0.5, 0.6) is 0 Å². The van der Waals surface area contributed by atoms with E-state index in [1.54, 1.807) is 16.0 Å². The van der Waals surface area contributed by atoms with Crippen LogP contribution >= 0.6 is 11.3 Å². The van der Waals surface area contributed by atoms with Crippen molar-refractivity contribution in [3.05, 3.63) is 55.9 Å². The quantitative estimate of drug-likeness (QED) is 0.880. The summed E-state index contributed by atoms with van der Waals surface area (Å²) in [4.78, 5) is 11.6. The molecule has 0 aliphatic carbocycles. The van der Waals surface area contributed by atoms with Crippen LogP contribution in [0.25, 0.3) is 0 Å². The van der Waals surface area contributed by atoms with Crippen LogP contribution in [0.3, 0.4) is 0 Å². The molecular formula is C15H14FNO2S. The molecular weight excluding hydrogens is 277 g/mol. The van der Waals surface area contributed by atoms with Crippen molar-refractivity contribution in [2.24, 2.45) is 0 Å². The second-order valence-corrected chi connectivity index (χ2v) is 5.17. The van der Waals surface area contributed by atoms with E-state index in [4.69, 9.17) is 5.11 Å². The Hall–Kier alpha value is -1.90.